The maximum absolute atomic E-state index is 6.45. The highest BCUT2D eigenvalue weighted by molar-refractivity contribution is 5.81. The maximum Gasteiger partial charge on any atom is 0.179 e. The number of nitrogen functional groups attached to an aromatic ring is 1. The maximum atomic E-state index is 6.45. The van der Waals surface area contributed by atoms with Gasteiger partial charge in [-0.15, -0.1) is 5.10 Å². The van der Waals surface area contributed by atoms with Crippen molar-refractivity contribution >= 4 is 22.8 Å². The molecule has 27 heavy (non-hydrogen) atoms. The fourth-order valence-electron chi connectivity index (χ4n) is 3.85. The summed E-state index contributed by atoms with van der Waals surface area (Å²) in [6, 6.07) is 10.3. The van der Waals surface area contributed by atoms with Gasteiger partial charge in [0.25, 0.3) is 0 Å². The van der Waals surface area contributed by atoms with Crippen LogP contribution < -0.4 is 16.8 Å². The molecule has 0 amide bonds. The molecule has 0 aliphatic heterocycles. The molecule has 5 N–H and O–H groups in total. The smallest absolute Gasteiger partial charge is 0.179 e. The highest BCUT2D eigenvalue weighted by atomic mass is 15.3. The van der Waals surface area contributed by atoms with Crippen LogP contribution in [-0.4, -0.2) is 20.6 Å². The molecule has 0 atom stereocenters. The number of fused-ring (bicyclic) bond motifs is 1. The normalized spacial score (nSPS) is 19.5. The van der Waals surface area contributed by atoms with E-state index in [1.165, 1.54) is 0 Å². The zero-order valence-corrected chi connectivity index (χ0v) is 15.4. The van der Waals surface area contributed by atoms with Crippen molar-refractivity contribution in [3.05, 3.63) is 47.8 Å². The average Bonchev–Trinajstić information content (AvgIpc) is 3.07. The van der Waals surface area contributed by atoms with E-state index in [4.69, 9.17) is 11.5 Å². The number of hydrogen-bond donors (Lipinski definition) is 3. The van der Waals surface area contributed by atoms with Gasteiger partial charge in [0.15, 0.2) is 5.65 Å². The van der Waals surface area contributed by atoms with Crippen LogP contribution in [0.4, 0.5) is 17.2 Å². The van der Waals surface area contributed by atoms with Crippen LogP contribution in [0, 0.1) is 11.8 Å². The monoisotopic (exact) mass is 360 g/mol. The third kappa shape index (κ3) is 3.34. The van der Waals surface area contributed by atoms with Gasteiger partial charge in [0, 0.05) is 17.3 Å². The number of hydrogen-bond acceptors (Lipinski definition) is 5. The summed E-state index contributed by atoms with van der Waals surface area (Å²) >= 11 is 0. The Morgan fingerprint density at radius 3 is 2.59 bits per heavy atom. The number of imidazole rings is 1. The zero-order chi connectivity index (χ0) is 18.8. The van der Waals surface area contributed by atoms with E-state index in [1.54, 1.807) is 17.6 Å². The van der Waals surface area contributed by atoms with Gasteiger partial charge in [-0.1, -0.05) is 24.1 Å². The lowest BCUT2D eigenvalue weighted by Crippen LogP contribution is -2.26. The summed E-state index contributed by atoms with van der Waals surface area (Å²) in [4.78, 5) is 4.60. The van der Waals surface area contributed by atoms with Gasteiger partial charge < -0.3 is 16.8 Å². The van der Waals surface area contributed by atoms with Crippen molar-refractivity contribution in [1.82, 2.24) is 14.6 Å². The predicted octanol–water partition coefficient (Wildman–Crippen LogP) is 3.41. The van der Waals surface area contributed by atoms with Gasteiger partial charge in [-0.2, -0.15) is 0 Å². The van der Waals surface area contributed by atoms with Crippen LogP contribution in [0.1, 0.15) is 49.8 Å². The van der Waals surface area contributed by atoms with Crippen molar-refractivity contribution in [2.45, 2.75) is 44.6 Å². The van der Waals surface area contributed by atoms with Crippen molar-refractivity contribution in [3.63, 3.8) is 0 Å². The van der Waals surface area contributed by atoms with Crippen LogP contribution in [0.15, 0.2) is 36.5 Å². The first-order valence-corrected chi connectivity index (χ1v) is 9.35. The predicted molar refractivity (Wildman–Crippen MR) is 109 cm³/mol. The molecule has 4 rings (SSSR count). The first kappa shape index (κ1) is 17.4. The Morgan fingerprint density at radius 2 is 1.89 bits per heavy atom. The van der Waals surface area contributed by atoms with Gasteiger partial charge in [0.05, 0.1) is 11.9 Å². The van der Waals surface area contributed by atoms with E-state index in [0.29, 0.717) is 11.7 Å². The molecular weight excluding hydrogens is 336 g/mol. The first-order valence-electron chi connectivity index (χ1n) is 9.35. The summed E-state index contributed by atoms with van der Waals surface area (Å²) in [7, 11) is 0. The average molecular weight is 360 g/mol. The van der Waals surface area contributed by atoms with Gasteiger partial charge in [0.1, 0.15) is 11.5 Å². The van der Waals surface area contributed by atoms with E-state index >= 15 is 0 Å². The van der Waals surface area contributed by atoms with Gasteiger partial charge in [0.2, 0.25) is 0 Å². The Hall–Kier alpha value is -3.04. The Kier molecular flexibility index (Phi) is 4.69. The quantitative estimate of drug-likeness (QED) is 0.622. The van der Waals surface area contributed by atoms with E-state index in [9.17, 15) is 0 Å². The molecule has 1 aromatic carbocycles. The van der Waals surface area contributed by atoms with Crippen molar-refractivity contribution in [3.8, 4) is 11.8 Å². The largest absolute Gasteiger partial charge is 0.382 e. The third-order valence-electron chi connectivity index (χ3n) is 5.19. The summed E-state index contributed by atoms with van der Waals surface area (Å²) in [6.07, 6.45) is 5.77. The Bertz CT molecular complexity index is 1000. The van der Waals surface area contributed by atoms with Crippen LogP contribution in [0.3, 0.4) is 0 Å². The molecule has 6 nitrogen and oxygen atoms in total. The minimum Gasteiger partial charge on any atom is -0.382 e. The number of rotatable bonds is 3. The lowest BCUT2D eigenvalue weighted by Gasteiger charge is -2.28. The number of nitrogens with one attached hydrogen (secondary N) is 1. The highest BCUT2D eigenvalue weighted by Crippen LogP contribution is 2.41. The standard InChI is InChI=1S/C21H24N6/c1-2-6-17-13-24-21-19(25-16-7-4-3-5-8-16)18(20(23)26-27(17)21)14-9-11-15(22)12-10-14/h3-5,7-8,13-15,25H,9-12,22H2,1H3,(H2,23,26). The SMILES string of the molecule is CC#Cc1cnc2c(Nc3ccccc3)c(C3CCC(N)CC3)c(N)nn12. The minimum atomic E-state index is 0.280. The van der Waals surface area contributed by atoms with Crippen LogP contribution in [0.25, 0.3) is 5.65 Å². The lowest BCUT2D eigenvalue weighted by atomic mass is 9.81. The number of anilines is 3. The Labute approximate surface area is 159 Å². The summed E-state index contributed by atoms with van der Waals surface area (Å²) < 4.78 is 1.73. The van der Waals surface area contributed by atoms with Crippen molar-refractivity contribution in [2.24, 2.45) is 5.73 Å². The van der Waals surface area contributed by atoms with Crippen LogP contribution in [0.5, 0.6) is 0 Å². The number of nitrogens with two attached hydrogens (primary N) is 2. The van der Waals surface area contributed by atoms with E-state index in [1.807, 2.05) is 30.3 Å². The second-order valence-corrected chi connectivity index (χ2v) is 7.03. The van der Waals surface area contributed by atoms with Gasteiger partial charge in [-0.3, -0.25) is 0 Å². The highest BCUT2D eigenvalue weighted by Gasteiger charge is 2.27. The molecule has 1 aliphatic rings. The molecule has 138 valence electrons. The molecule has 0 bridgehead atoms. The molecule has 0 spiro atoms. The molecule has 1 fully saturated rings. The number of aromatic nitrogens is 3. The van der Waals surface area contributed by atoms with Crippen molar-refractivity contribution < 1.29 is 0 Å². The van der Waals surface area contributed by atoms with E-state index in [0.717, 1.165) is 54.0 Å². The second kappa shape index (κ2) is 7.29. The summed E-state index contributed by atoms with van der Waals surface area (Å²) in [5.41, 5.74) is 17.0. The fraction of sp³-hybridized carbons (Fsp3) is 0.333. The van der Waals surface area contributed by atoms with Crippen LogP contribution >= 0.6 is 0 Å². The van der Waals surface area contributed by atoms with E-state index < -0.39 is 0 Å². The summed E-state index contributed by atoms with van der Waals surface area (Å²) in [5, 5.41) is 8.15. The first-order chi connectivity index (χ1) is 13.2. The van der Waals surface area contributed by atoms with E-state index in [-0.39, 0.29) is 6.04 Å². The molecule has 1 saturated carbocycles. The van der Waals surface area contributed by atoms with Gasteiger partial charge in [-0.05, 0) is 56.6 Å². The van der Waals surface area contributed by atoms with Gasteiger partial charge in [-0.25, -0.2) is 9.50 Å². The summed E-state index contributed by atoms with van der Waals surface area (Å²) in [5.74, 6) is 6.80. The van der Waals surface area contributed by atoms with Crippen molar-refractivity contribution in [1.29, 1.82) is 0 Å². The van der Waals surface area contributed by atoms with E-state index in [2.05, 4.69) is 27.2 Å². The summed E-state index contributed by atoms with van der Waals surface area (Å²) in [6.45, 7) is 1.80. The third-order valence-corrected chi connectivity index (χ3v) is 5.19. The molecule has 0 saturated heterocycles. The molecule has 1 aliphatic carbocycles. The molecule has 2 heterocycles. The molecule has 6 heteroatoms. The number of benzene rings is 1. The topological polar surface area (TPSA) is 94.3 Å². The molecule has 2 aromatic heterocycles. The van der Waals surface area contributed by atoms with Crippen LogP contribution in [0.2, 0.25) is 0 Å². The number of nitrogens with zero attached hydrogens (tertiary/aromatic N) is 3. The second-order valence-electron chi connectivity index (χ2n) is 7.03. The fourth-order valence-corrected chi connectivity index (χ4v) is 3.85. The van der Waals surface area contributed by atoms with Crippen molar-refractivity contribution in [2.75, 3.05) is 11.1 Å². The number of para-hydroxylation sites is 1. The lowest BCUT2D eigenvalue weighted by molar-refractivity contribution is 0.396. The zero-order valence-electron chi connectivity index (χ0n) is 15.4. The van der Waals surface area contributed by atoms with Crippen LogP contribution in [-0.2, 0) is 0 Å². The molecular formula is C21H24N6. The Balaban J connectivity index is 1.88. The van der Waals surface area contributed by atoms with Gasteiger partial charge >= 0.3 is 0 Å². The minimum absolute atomic E-state index is 0.280. The molecule has 3 aromatic rings. The Morgan fingerprint density at radius 1 is 1.15 bits per heavy atom. The molecule has 0 radical (unpaired) electrons. The molecule has 0 unspecified atom stereocenters.